The first-order chi connectivity index (χ1) is 8.66. The molecular weight excluding hydrogens is 290 g/mol. The number of pyridine rings is 1. The molecule has 4 heteroatoms. The molecule has 1 fully saturated rings. The van der Waals surface area contributed by atoms with Crippen LogP contribution in [0, 0.1) is 0 Å². The predicted molar refractivity (Wildman–Crippen MR) is 78.6 cm³/mol. The zero-order valence-electron chi connectivity index (χ0n) is 10.8. The molecule has 1 aliphatic heterocycles. The third kappa shape index (κ3) is 3.64. The van der Waals surface area contributed by atoms with E-state index < -0.39 is 0 Å². The number of rotatable bonds is 4. The molecule has 0 radical (unpaired) electrons. The molecule has 0 saturated carbocycles. The number of nitrogens with one attached hydrogen (secondary N) is 1. The second-order valence-electron chi connectivity index (χ2n) is 4.86. The fraction of sp³-hybridized carbons (Fsp3) is 0.500. The first-order valence-electron chi connectivity index (χ1n) is 6.37. The van der Waals surface area contributed by atoms with Crippen LogP contribution in [0.2, 0.25) is 0 Å². The van der Waals surface area contributed by atoms with Crippen LogP contribution in [0.25, 0.3) is 0 Å². The van der Waals surface area contributed by atoms with E-state index in [1.54, 1.807) is 0 Å². The molecule has 1 aliphatic rings. The Balaban J connectivity index is 2.17. The van der Waals surface area contributed by atoms with E-state index in [0.717, 1.165) is 42.8 Å². The lowest BCUT2D eigenvalue weighted by molar-refractivity contribution is 0.169. The first-order valence-corrected chi connectivity index (χ1v) is 7.16. The van der Waals surface area contributed by atoms with Crippen LogP contribution in [0.4, 0.5) is 0 Å². The van der Waals surface area contributed by atoms with Gasteiger partial charge in [-0.05, 0) is 41.4 Å². The van der Waals surface area contributed by atoms with Crippen LogP contribution in [-0.4, -0.2) is 36.1 Å². The highest BCUT2D eigenvalue weighted by Crippen LogP contribution is 2.26. The molecule has 0 bridgehead atoms. The van der Waals surface area contributed by atoms with Crippen molar-refractivity contribution < 1.29 is 0 Å². The van der Waals surface area contributed by atoms with Crippen LogP contribution in [0.15, 0.2) is 35.0 Å². The third-order valence-electron chi connectivity index (χ3n) is 3.23. The minimum atomic E-state index is 0.359. The van der Waals surface area contributed by atoms with Gasteiger partial charge in [0, 0.05) is 36.8 Å². The minimum absolute atomic E-state index is 0.359. The van der Waals surface area contributed by atoms with Gasteiger partial charge in [-0.1, -0.05) is 5.57 Å². The quantitative estimate of drug-likeness (QED) is 0.867. The maximum atomic E-state index is 4.56. The number of nitrogens with zero attached hydrogens (tertiary/aromatic N) is 2. The van der Waals surface area contributed by atoms with E-state index in [0.29, 0.717) is 6.04 Å². The largest absolute Gasteiger partial charge is 0.314 e. The van der Waals surface area contributed by atoms with Crippen LogP contribution in [0.1, 0.15) is 25.1 Å². The van der Waals surface area contributed by atoms with E-state index in [1.165, 1.54) is 5.57 Å². The second-order valence-corrected chi connectivity index (χ2v) is 5.78. The van der Waals surface area contributed by atoms with Crippen LogP contribution in [-0.2, 0) is 0 Å². The van der Waals surface area contributed by atoms with Gasteiger partial charge in [0.1, 0.15) is 0 Å². The molecule has 0 aliphatic carbocycles. The van der Waals surface area contributed by atoms with Gasteiger partial charge in [0.2, 0.25) is 0 Å². The van der Waals surface area contributed by atoms with E-state index in [4.69, 9.17) is 0 Å². The molecule has 1 atom stereocenters. The summed E-state index contributed by atoms with van der Waals surface area (Å²) in [4.78, 5) is 7.06. The van der Waals surface area contributed by atoms with Crippen molar-refractivity contribution in [2.75, 3.05) is 26.2 Å². The molecule has 0 aromatic carbocycles. The minimum Gasteiger partial charge on any atom is -0.314 e. The Labute approximate surface area is 117 Å². The molecule has 0 unspecified atom stereocenters. The second kappa shape index (κ2) is 6.45. The number of hydrogen-bond acceptors (Lipinski definition) is 3. The molecule has 2 heterocycles. The van der Waals surface area contributed by atoms with Crippen molar-refractivity contribution in [1.82, 2.24) is 15.2 Å². The van der Waals surface area contributed by atoms with Gasteiger partial charge in [-0.3, -0.25) is 9.88 Å². The molecule has 2 rings (SSSR count). The Morgan fingerprint density at radius 3 is 2.78 bits per heavy atom. The Hall–Kier alpha value is -0.710. The fourth-order valence-corrected chi connectivity index (χ4v) is 2.56. The lowest BCUT2D eigenvalue weighted by Gasteiger charge is -2.34. The molecule has 98 valence electrons. The standard InChI is InChI=1S/C14H20BrN3/c1-11(2)9-14(18-7-5-16-6-8-18)13-4-3-12(15)10-17-13/h3-4,10,14,16H,1,5-9H2,2H3/t14-/m0/s1. The van der Waals surface area contributed by atoms with Crippen LogP contribution >= 0.6 is 15.9 Å². The van der Waals surface area contributed by atoms with Crippen molar-refractivity contribution >= 4 is 15.9 Å². The van der Waals surface area contributed by atoms with E-state index in [-0.39, 0.29) is 0 Å². The molecule has 0 amide bonds. The normalized spacial score (nSPS) is 18.6. The summed E-state index contributed by atoms with van der Waals surface area (Å²) in [5, 5.41) is 3.39. The SMILES string of the molecule is C=C(C)C[C@@H](c1ccc(Br)cn1)N1CCNCC1. The Morgan fingerprint density at radius 2 is 2.22 bits per heavy atom. The van der Waals surface area contributed by atoms with Crippen LogP contribution < -0.4 is 5.32 Å². The highest BCUT2D eigenvalue weighted by Gasteiger charge is 2.22. The predicted octanol–water partition coefficient (Wildman–Crippen LogP) is 2.76. The summed E-state index contributed by atoms with van der Waals surface area (Å²) < 4.78 is 1.03. The summed E-state index contributed by atoms with van der Waals surface area (Å²) in [7, 11) is 0. The van der Waals surface area contributed by atoms with Crippen molar-refractivity contribution in [2.24, 2.45) is 0 Å². The Bertz CT molecular complexity index is 396. The van der Waals surface area contributed by atoms with E-state index in [2.05, 4.69) is 56.8 Å². The van der Waals surface area contributed by atoms with Crippen molar-refractivity contribution in [2.45, 2.75) is 19.4 Å². The van der Waals surface area contributed by atoms with Gasteiger partial charge in [-0.15, -0.1) is 6.58 Å². The van der Waals surface area contributed by atoms with E-state index in [1.807, 2.05) is 6.20 Å². The van der Waals surface area contributed by atoms with Gasteiger partial charge < -0.3 is 5.32 Å². The molecular formula is C14H20BrN3. The lowest BCUT2D eigenvalue weighted by Crippen LogP contribution is -2.45. The summed E-state index contributed by atoms with van der Waals surface area (Å²) >= 11 is 3.44. The summed E-state index contributed by atoms with van der Waals surface area (Å²) in [6, 6.07) is 4.54. The molecule has 1 aromatic heterocycles. The molecule has 3 nitrogen and oxygen atoms in total. The van der Waals surface area contributed by atoms with Gasteiger partial charge in [0.05, 0.1) is 11.7 Å². The fourth-order valence-electron chi connectivity index (χ4n) is 2.33. The molecule has 1 aromatic rings. The highest BCUT2D eigenvalue weighted by atomic mass is 79.9. The van der Waals surface area contributed by atoms with Gasteiger partial charge in [-0.25, -0.2) is 0 Å². The Kier molecular flexibility index (Phi) is 4.92. The topological polar surface area (TPSA) is 28.2 Å². The molecule has 18 heavy (non-hydrogen) atoms. The van der Waals surface area contributed by atoms with E-state index in [9.17, 15) is 0 Å². The number of halogens is 1. The average Bonchev–Trinajstić information content (AvgIpc) is 2.38. The van der Waals surface area contributed by atoms with Crippen molar-refractivity contribution in [3.8, 4) is 0 Å². The molecule has 1 N–H and O–H groups in total. The smallest absolute Gasteiger partial charge is 0.0579 e. The van der Waals surface area contributed by atoms with Crippen LogP contribution in [0.3, 0.4) is 0 Å². The van der Waals surface area contributed by atoms with Crippen molar-refractivity contribution in [3.63, 3.8) is 0 Å². The highest BCUT2D eigenvalue weighted by molar-refractivity contribution is 9.10. The maximum Gasteiger partial charge on any atom is 0.0579 e. The van der Waals surface area contributed by atoms with Crippen molar-refractivity contribution in [1.29, 1.82) is 0 Å². The first kappa shape index (κ1) is 13.7. The lowest BCUT2D eigenvalue weighted by atomic mass is 10.0. The number of aromatic nitrogens is 1. The van der Waals surface area contributed by atoms with Gasteiger partial charge in [-0.2, -0.15) is 0 Å². The van der Waals surface area contributed by atoms with Gasteiger partial charge in [0.15, 0.2) is 0 Å². The monoisotopic (exact) mass is 309 g/mol. The van der Waals surface area contributed by atoms with Gasteiger partial charge in [0.25, 0.3) is 0 Å². The maximum absolute atomic E-state index is 4.56. The zero-order valence-corrected chi connectivity index (χ0v) is 12.4. The van der Waals surface area contributed by atoms with Crippen LogP contribution in [0.5, 0.6) is 0 Å². The molecule has 1 saturated heterocycles. The molecule has 0 spiro atoms. The number of hydrogen-bond donors (Lipinski definition) is 1. The average molecular weight is 310 g/mol. The van der Waals surface area contributed by atoms with Crippen molar-refractivity contribution in [3.05, 3.63) is 40.6 Å². The summed E-state index contributed by atoms with van der Waals surface area (Å²) in [5.74, 6) is 0. The third-order valence-corrected chi connectivity index (χ3v) is 3.69. The van der Waals surface area contributed by atoms with Gasteiger partial charge >= 0.3 is 0 Å². The summed E-state index contributed by atoms with van der Waals surface area (Å²) in [5.41, 5.74) is 2.35. The zero-order chi connectivity index (χ0) is 13.0. The number of piperazine rings is 1. The summed E-state index contributed by atoms with van der Waals surface area (Å²) in [6.45, 7) is 10.4. The van der Waals surface area contributed by atoms with E-state index >= 15 is 0 Å². The summed E-state index contributed by atoms with van der Waals surface area (Å²) in [6.07, 6.45) is 2.86. The Morgan fingerprint density at radius 1 is 1.50 bits per heavy atom.